The van der Waals surface area contributed by atoms with Crippen molar-refractivity contribution in [1.82, 2.24) is 0 Å². The van der Waals surface area contributed by atoms with Gasteiger partial charge in [-0.1, -0.05) is 22.6 Å². The molecule has 4 heteroatoms. The first-order chi connectivity index (χ1) is 6.24. The molecule has 3 aliphatic rings. The van der Waals surface area contributed by atoms with Gasteiger partial charge in [-0.05, 0) is 12.8 Å². The van der Waals surface area contributed by atoms with E-state index in [9.17, 15) is 4.79 Å². The largest absolute Gasteiger partial charge is 0.462 e. The Morgan fingerprint density at radius 2 is 2.46 bits per heavy atom. The van der Waals surface area contributed by atoms with Crippen LogP contribution in [-0.4, -0.2) is 29.2 Å². The van der Waals surface area contributed by atoms with Gasteiger partial charge in [-0.25, -0.2) is 0 Å². The van der Waals surface area contributed by atoms with Gasteiger partial charge in [-0.2, -0.15) is 0 Å². The second kappa shape index (κ2) is 2.39. The second-order valence-electron chi connectivity index (χ2n) is 4.27. The lowest BCUT2D eigenvalue weighted by Gasteiger charge is -2.52. The highest BCUT2D eigenvalue weighted by Gasteiger charge is 2.74. The molecule has 1 spiro atoms. The Balaban J connectivity index is 2.00. The summed E-state index contributed by atoms with van der Waals surface area (Å²) in [5.41, 5.74) is 0.0374. The second-order valence-corrected chi connectivity index (χ2v) is 5.03. The highest BCUT2D eigenvalue weighted by molar-refractivity contribution is 14.1. The molecule has 2 saturated heterocycles. The summed E-state index contributed by atoms with van der Waals surface area (Å²) in [6, 6.07) is 0. The number of ether oxygens (including phenoxy) is 2. The third-order valence-corrected chi connectivity index (χ3v) is 5.43. The standard InChI is InChI=1S/C9H11IO3/c10-4-8-1-2-13-9(8)5-12-7(11)6(9)3-8/h6H,1-5H2. The molecule has 3 atom stereocenters. The molecule has 0 radical (unpaired) electrons. The van der Waals surface area contributed by atoms with Crippen LogP contribution < -0.4 is 0 Å². The van der Waals surface area contributed by atoms with Crippen molar-refractivity contribution in [3.8, 4) is 0 Å². The predicted octanol–water partition coefficient (Wildman–Crippen LogP) is 1.14. The van der Waals surface area contributed by atoms with Crippen molar-refractivity contribution in [1.29, 1.82) is 0 Å². The first-order valence-electron chi connectivity index (χ1n) is 4.61. The molecule has 3 rings (SSSR count). The highest BCUT2D eigenvalue weighted by atomic mass is 127. The molecule has 0 amide bonds. The maximum atomic E-state index is 11.3. The molecule has 2 aliphatic heterocycles. The van der Waals surface area contributed by atoms with Crippen LogP contribution in [-0.2, 0) is 14.3 Å². The molecule has 0 aromatic heterocycles. The predicted molar refractivity (Wildman–Crippen MR) is 53.7 cm³/mol. The van der Waals surface area contributed by atoms with E-state index in [0.29, 0.717) is 6.61 Å². The van der Waals surface area contributed by atoms with Gasteiger partial charge in [-0.15, -0.1) is 0 Å². The Morgan fingerprint density at radius 1 is 1.62 bits per heavy atom. The van der Waals surface area contributed by atoms with Crippen LogP contribution in [0, 0.1) is 11.3 Å². The zero-order valence-electron chi connectivity index (χ0n) is 7.22. The van der Waals surface area contributed by atoms with Crippen molar-refractivity contribution in [2.24, 2.45) is 11.3 Å². The zero-order valence-corrected chi connectivity index (χ0v) is 9.37. The Hall–Kier alpha value is 0.160. The normalized spacial score (nSPS) is 52.4. The van der Waals surface area contributed by atoms with Crippen molar-refractivity contribution < 1.29 is 14.3 Å². The number of carbonyl (C=O) groups is 1. The van der Waals surface area contributed by atoms with E-state index in [4.69, 9.17) is 9.47 Å². The number of halogens is 1. The lowest BCUT2D eigenvalue weighted by atomic mass is 9.52. The number of rotatable bonds is 1. The topological polar surface area (TPSA) is 35.5 Å². The van der Waals surface area contributed by atoms with Crippen molar-refractivity contribution >= 4 is 28.6 Å². The molecule has 3 nitrogen and oxygen atoms in total. The fourth-order valence-electron chi connectivity index (χ4n) is 3.05. The van der Waals surface area contributed by atoms with E-state index in [0.717, 1.165) is 23.9 Å². The molecule has 13 heavy (non-hydrogen) atoms. The molecular weight excluding hydrogens is 283 g/mol. The monoisotopic (exact) mass is 294 g/mol. The summed E-state index contributed by atoms with van der Waals surface area (Å²) in [6.45, 7) is 1.30. The SMILES string of the molecule is O=C1OCC23OCCC2(CI)CC13. The minimum absolute atomic E-state index is 0.0395. The van der Waals surface area contributed by atoms with Crippen LogP contribution in [0.25, 0.3) is 0 Å². The molecule has 2 heterocycles. The molecule has 1 saturated carbocycles. The van der Waals surface area contributed by atoms with Crippen LogP contribution in [0.15, 0.2) is 0 Å². The van der Waals surface area contributed by atoms with Crippen LogP contribution >= 0.6 is 22.6 Å². The van der Waals surface area contributed by atoms with E-state index in [2.05, 4.69) is 22.6 Å². The van der Waals surface area contributed by atoms with Gasteiger partial charge in [0, 0.05) is 16.4 Å². The van der Waals surface area contributed by atoms with E-state index in [1.165, 1.54) is 0 Å². The third kappa shape index (κ3) is 0.741. The summed E-state index contributed by atoms with van der Waals surface area (Å²) in [5.74, 6) is 0.00661. The van der Waals surface area contributed by atoms with E-state index >= 15 is 0 Å². The van der Waals surface area contributed by atoms with E-state index < -0.39 is 0 Å². The van der Waals surface area contributed by atoms with Gasteiger partial charge in [0.2, 0.25) is 0 Å². The molecule has 0 aromatic carbocycles. The summed E-state index contributed by atoms with van der Waals surface area (Å²) in [5, 5.41) is 0. The van der Waals surface area contributed by atoms with Crippen LogP contribution in [0.1, 0.15) is 12.8 Å². The van der Waals surface area contributed by atoms with E-state index in [1.807, 2.05) is 0 Å². The van der Waals surface area contributed by atoms with Crippen LogP contribution in [0.3, 0.4) is 0 Å². The molecule has 72 valence electrons. The van der Waals surface area contributed by atoms with E-state index in [1.54, 1.807) is 0 Å². The minimum atomic E-state index is -0.217. The van der Waals surface area contributed by atoms with Crippen molar-refractivity contribution in [3.05, 3.63) is 0 Å². The van der Waals surface area contributed by atoms with Gasteiger partial charge in [0.1, 0.15) is 12.2 Å². The molecule has 0 aromatic rings. The van der Waals surface area contributed by atoms with Gasteiger partial charge in [0.05, 0.1) is 5.92 Å². The van der Waals surface area contributed by atoms with Crippen LogP contribution in [0.4, 0.5) is 0 Å². The Bertz CT molecular complexity index is 280. The molecular formula is C9H11IO3. The molecule has 1 aliphatic carbocycles. The maximum absolute atomic E-state index is 11.3. The molecule has 3 unspecified atom stereocenters. The number of carbonyl (C=O) groups excluding carboxylic acids is 1. The van der Waals surface area contributed by atoms with Gasteiger partial charge >= 0.3 is 5.97 Å². The number of esters is 1. The van der Waals surface area contributed by atoms with Gasteiger partial charge in [0.15, 0.2) is 0 Å². The van der Waals surface area contributed by atoms with Crippen molar-refractivity contribution in [3.63, 3.8) is 0 Å². The quantitative estimate of drug-likeness (QED) is 0.413. The summed E-state index contributed by atoms with van der Waals surface area (Å²) < 4.78 is 12.0. The number of cyclic esters (lactones) is 1. The first-order valence-corrected chi connectivity index (χ1v) is 6.13. The Morgan fingerprint density at radius 3 is 3.15 bits per heavy atom. The lowest BCUT2D eigenvalue weighted by molar-refractivity contribution is -0.163. The van der Waals surface area contributed by atoms with Crippen molar-refractivity contribution in [2.75, 3.05) is 17.6 Å². The summed E-state index contributed by atoms with van der Waals surface area (Å²) in [6.07, 6.45) is 2.08. The van der Waals surface area contributed by atoms with Crippen LogP contribution in [0.5, 0.6) is 0 Å². The smallest absolute Gasteiger partial charge is 0.312 e. The van der Waals surface area contributed by atoms with Crippen LogP contribution in [0.2, 0.25) is 0 Å². The Kier molecular flexibility index (Phi) is 1.56. The minimum Gasteiger partial charge on any atom is -0.462 e. The lowest BCUT2D eigenvalue weighted by Crippen LogP contribution is -2.63. The Labute approximate surface area is 90.3 Å². The fraction of sp³-hybridized carbons (Fsp3) is 0.889. The number of alkyl halides is 1. The van der Waals surface area contributed by atoms with Gasteiger partial charge in [-0.3, -0.25) is 4.79 Å². The third-order valence-electron chi connectivity index (χ3n) is 3.96. The van der Waals surface area contributed by atoms with Gasteiger partial charge < -0.3 is 9.47 Å². The average Bonchev–Trinajstić information content (AvgIpc) is 2.53. The summed E-state index contributed by atoms with van der Waals surface area (Å²) >= 11 is 2.40. The maximum Gasteiger partial charge on any atom is 0.312 e. The number of hydrogen-bond donors (Lipinski definition) is 0. The fourth-order valence-corrected chi connectivity index (χ4v) is 4.38. The number of hydrogen-bond acceptors (Lipinski definition) is 3. The molecule has 3 fully saturated rings. The average molecular weight is 294 g/mol. The molecule has 0 bridgehead atoms. The molecule has 0 N–H and O–H groups in total. The summed E-state index contributed by atoms with van der Waals surface area (Å²) in [7, 11) is 0. The van der Waals surface area contributed by atoms with Gasteiger partial charge in [0.25, 0.3) is 0 Å². The first kappa shape index (κ1) is 8.47. The summed E-state index contributed by atoms with van der Waals surface area (Å²) in [4.78, 5) is 11.3. The highest BCUT2D eigenvalue weighted by Crippen LogP contribution is 2.65. The zero-order chi connectivity index (χ0) is 9.10. The van der Waals surface area contributed by atoms with Crippen molar-refractivity contribution in [2.45, 2.75) is 18.4 Å². The van der Waals surface area contributed by atoms with E-state index in [-0.39, 0.29) is 22.9 Å².